The van der Waals surface area contributed by atoms with E-state index < -0.39 is 17.0 Å². The molecular weight excluding hydrogens is 375 g/mol. The maximum atomic E-state index is 13.6. The maximum Gasteiger partial charge on any atom is 0.394 e. The zero-order valence-corrected chi connectivity index (χ0v) is 15.4. The van der Waals surface area contributed by atoms with Gasteiger partial charge in [0.25, 0.3) is 0 Å². The third-order valence-electron chi connectivity index (χ3n) is 7.11. The van der Waals surface area contributed by atoms with Gasteiger partial charge in [0, 0.05) is 34.6 Å². The Balaban J connectivity index is 1.47. The number of hydrogen-bond donors (Lipinski definition) is 0. The van der Waals surface area contributed by atoms with Crippen LogP contribution in [0.3, 0.4) is 0 Å². The van der Waals surface area contributed by atoms with E-state index in [4.69, 9.17) is 0 Å². The number of rotatable bonds is 1. The van der Waals surface area contributed by atoms with E-state index in [2.05, 4.69) is 11.1 Å². The first-order valence-electron chi connectivity index (χ1n) is 9.21. The second kappa shape index (κ2) is 5.40. The lowest BCUT2D eigenvalue weighted by Gasteiger charge is -2.34. The number of fused-ring (bicyclic) bond motifs is 6. The van der Waals surface area contributed by atoms with Gasteiger partial charge in [-0.2, -0.15) is 18.4 Å². The molecule has 1 saturated heterocycles. The topological polar surface area (TPSA) is 57.0 Å². The first kappa shape index (κ1) is 17.4. The van der Waals surface area contributed by atoms with E-state index in [0.29, 0.717) is 24.9 Å². The Kier molecular flexibility index (Phi) is 3.47. The molecule has 4 nitrogen and oxygen atoms in total. The minimum absolute atomic E-state index is 0.0628. The molecular formula is C19H18F3N3OS. The first-order valence-corrected chi connectivity index (χ1v) is 10.1. The van der Waals surface area contributed by atoms with Gasteiger partial charge in [0.2, 0.25) is 5.91 Å². The van der Waals surface area contributed by atoms with Gasteiger partial charge in [-0.15, -0.1) is 11.8 Å². The number of halogens is 3. The number of thioether (sulfide) groups is 1. The molecule has 1 aromatic heterocycles. The lowest BCUT2D eigenvalue weighted by Crippen LogP contribution is -2.41. The van der Waals surface area contributed by atoms with Crippen molar-refractivity contribution in [2.75, 3.05) is 6.54 Å². The molecule has 4 bridgehead atoms. The van der Waals surface area contributed by atoms with E-state index in [1.807, 2.05) is 0 Å². The number of amides is 1. The van der Waals surface area contributed by atoms with Crippen LogP contribution in [0.5, 0.6) is 0 Å². The van der Waals surface area contributed by atoms with Crippen LogP contribution < -0.4 is 0 Å². The summed E-state index contributed by atoms with van der Waals surface area (Å²) in [6, 6.07) is 1.99. The molecule has 27 heavy (non-hydrogen) atoms. The normalized spacial score (nSPS) is 36.6. The molecule has 4 aliphatic rings. The van der Waals surface area contributed by atoms with Crippen molar-refractivity contribution in [3.8, 4) is 6.07 Å². The van der Waals surface area contributed by atoms with Gasteiger partial charge in [-0.25, -0.2) is 0 Å². The summed E-state index contributed by atoms with van der Waals surface area (Å²) in [4.78, 5) is 20.3. The smallest absolute Gasteiger partial charge is 0.334 e. The van der Waals surface area contributed by atoms with Crippen LogP contribution in [0.1, 0.15) is 55.7 Å². The van der Waals surface area contributed by atoms with Crippen LogP contribution in [0.25, 0.3) is 0 Å². The average Bonchev–Trinajstić information content (AvgIpc) is 3.32. The maximum absolute atomic E-state index is 13.6. The summed E-state index contributed by atoms with van der Waals surface area (Å²) in [7, 11) is 0. The highest BCUT2D eigenvalue weighted by Crippen LogP contribution is 2.68. The highest BCUT2D eigenvalue weighted by molar-refractivity contribution is 8.00. The third kappa shape index (κ3) is 2.24. The number of carbonyl (C=O) groups is 1. The number of alkyl halides is 3. The molecule has 1 amide bonds. The monoisotopic (exact) mass is 393 g/mol. The summed E-state index contributed by atoms with van der Waals surface area (Å²) in [5.74, 6) is -0.116. The van der Waals surface area contributed by atoms with Crippen LogP contribution in [0.2, 0.25) is 0 Å². The molecule has 1 aromatic rings. The molecule has 0 aromatic carbocycles. The quantitative estimate of drug-likeness (QED) is 0.717. The standard InChI is InChI=1S/C19H18F3N3OS/c20-19(21,22)18-3-1-17(10-18,2-4-18)16(26)25-9-12-5-14(25)13-8-24-7-11(6-23)15(13)27-12/h7-8,12,14H,1-5,9-10H2/t12-,14-,17?,18?/m0/s1. The minimum atomic E-state index is -4.24. The predicted octanol–water partition coefficient (Wildman–Crippen LogP) is 4.21. The second-order valence-corrected chi connectivity index (χ2v) is 9.71. The molecule has 2 aliphatic carbocycles. The third-order valence-corrected chi connectivity index (χ3v) is 8.47. The fraction of sp³-hybridized carbons (Fsp3) is 0.632. The van der Waals surface area contributed by atoms with Crippen molar-refractivity contribution in [3.63, 3.8) is 0 Å². The zero-order chi connectivity index (χ0) is 19.0. The zero-order valence-electron chi connectivity index (χ0n) is 14.6. The average molecular weight is 393 g/mol. The number of hydrogen-bond acceptors (Lipinski definition) is 4. The first-order chi connectivity index (χ1) is 12.8. The van der Waals surface area contributed by atoms with Crippen LogP contribution in [-0.4, -0.2) is 33.8 Å². The largest absolute Gasteiger partial charge is 0.394 e. The highest BCUT2D eigenvalue weighted by Gasteiger charge is 2.69. The Labute approximate surface area is 159 Å². The van der Waals surface area contributed by atoms with Gasteiger partial charge in [-0.05, 0) is 38.5 Å². The molecule has 3 fully saturated rings. The van der Waals surface area contributed by atoms with E-state index in [-0.39, 0.29) is 36.5 Å². The SMILES string of the molecule is N#Cc1cncc2c1S[C@H]1C[C@@H]2N(C(=O)C23CCC(C(F)(F)F)(CC2)C3)C1. The van der Waals surface area contributed by atoms with Crippen molar-refractivity contribution in [1.82, 2.24) is 9.88 Å². The van der Waals surface area contributed by atoms with Crippen LogP contribution in [0.15, 0.2) is 17.3 Å². The van der Waals surface area contributed by atoms with E-state index in [0.717, 1.165) is 16.9 Å². The molecule has 0 N–H and O–H groups in total. The molecule has 0 spiro atoms. The number of aromatic nitrogens is 1. The lowest BCUT2D eigenvalue weighted by molar-refractivity contribution is -0.220. The second-order valence-electron chi connectivity index (χ2n) is 8.40. The van der Waals surface area contributed by atoms with Crippen LogP contribution in [0.4, 0.5) is 13.2 Å². The molecule has 2 saturated carbocycles. The Morgan fingerprint density at radius 1 is 1.30 bits per heavy atom. The molecule has 3 heterocycles. The summed E-state index contributed by atoms with van der Waals surface area (Å²) in [5.41, 5.74) is -1.15. The number of likely N-dealkylation sites (tertiary alicyclic amines) is 1. The van der Waals surface area contributed by atoms with Crippen molar-refractivity contribution in [2.45, 2.75) is 60.9 Å². The van der Waals surface area contributed by atoms with E-state index in [9.17, 15) is 23.2 Å². The van der Waals surface area contributed by atoms with E-state index >= 15 is 0 Å². The predicted molar refractivity (Wildman–Crippen MR) is 91.7 cm³/mol. The molecule has 2 aliphatic heterocycles. The summed E-state index contributed by atoms with van der Waals surface area (Å²) in [6.45, 7) is 0.536. The van der Waals surface area contributed by atoms with Gasteiger partial charge in [-0.3, -0.25) is 9.78 Å². The molecule has 0 radical (unpaired) electrons. The minimum Gasteiger partial charge on any atom is -0.334 e. The number of pyridine rings is 1. The van der Waals surface area contributed by atoms with Crippen molar-refractivity contribution in [1.29, 1.82) is 5.26 Å². The van der Waals surface area contributed by atoms with Crippen LogP contribution in [0, 0.1) is 22.2 Å². The summed E-state index contributed by atoms with van der Waals surface area (Å²) < 4.78 is 40.7. The van der Waals surface area contributed by atoms with E-state index in [1.54, 1.807) is 22.9 Å². The Morgan fingerprint density at radius 3 is 2.67 bits per heavy atom. The molecule has 5 rings (SSSR count). The van der Waals surface area contributed by atoms with Crippen LogP contribution >= 0.6 is 11.8 Å². The molecule has 2 atom stereocenters. The summed E-state index contributed by atoms with van der Waals surface area (Å²) in [6.07, 6.45) is 0.508. The highest BCUT2D eigenvalue weighted by atomic mass is 32.2. The number of nitrogens with zero attached hydrogens (tertiary/aromatic N) is 3. The Hall–Kier alpha value is -1.75. The van der Waals surface area contributed by atoms with Crippen molar-refractivity contribution in [2.24, 2.45) is 10.8 Å². The fourth-order valence-corrected chi connectivity index (χ4v) is 7.07. The van der Waals surface area contributed by atoms with Gasteiger partial charge in [-0.1, -0.05) is 0 Å². The Morgan fingerprint density at radius 2 is 2.04 bits per heavy atom. The van der Waals surface area contributed by atoms with E-state index in [1.165, 1.54) is 6.20 Å². The van der Waals surface area contributed by atoms with Crippen molar-refractivity contribution < 1.29 is 18.0 Å². The van der Waals surface area contributed by atoms with Gasteiger partial charge < -0.3 is 4.90 Å². The van der Waals surface area contributed by atoms with Crippen LogP contribution in [-0.2, 0) is 4.79 Å². The molecule has 0 unspecified atom stereocenters. The lowest BCUT2D eigenvalue weighted by atomic mass is 9.81. The van der Waals surface area contributed by atoms with Gasteiger partial charge in [0.05, 0.1) is 22.4 Å². The molecule has 142 valence electrons. The number of carbonyl (C=O) groups excluding carboxylic acids is 1. The van der Waals surface area contributed by atoms with Crippen molar-refractivity contribution >= 4 is 17.7 Å². The van der Waals surface area contributed by atoms with Crippen molar-refractivity contribution in [3.05, 3.63) is 23.5 Å². The van der Waals surface area contributed by atoms with Gasteiger partial charge >= 0.3 is 6.18 Å². The fourth-order valence-electron chi connectivity index (χ4n) is 5.67. The molecule has 8 heteroatoms. The summed E-state index contributed by atoms with van der Waals surface area (Å²) >= 11 is 1.60. The summed E-state index contributed by atoms with van der Waals surface area (Å²) in [5, 5.41) is 9.52. The number of nitriles is 1. The Bertz CT molecular complexity index is 870. The van der Waals surface area contributed by atoms with Gasteiger partial charge in [0.1, 0.15) is 6.07 Å². The van der Waals surface area contributed by atoms with Gasteiger partial charge in [0.15, 0.2) is 0 Å².